The fraction of sp³-hybridized carbons (Fsp3) is 0.941. The van der Waals surface area contributed by atoms with Crippen LogP contribution in [0.5, 0.6) is 0 Å². The molecule has 200 valence electrons. The molecule has 0 aromatic rings. The van der Waals surface area contributed by atoms with Gasteiger partial charge in [0.15, 0.2) is 0 Å². The Labute approximate surface area is 206 Å². The SMILES string of the molecule is CCOP([O-])OCC.CCOP([O-])OCC.CCOP([O-])OCC.CCOP([O-])OCC.[C+4]. The molecule has 0 rings (SSSR count). The molecule has 0 atom stereocenters. The molecule has 0 aliphatic rings. The quantitative estimate of drug-likeness (QED) is 0.254. The zero-order chi connectivity index (χ0) is 25.6. The first-order valence-corrected chi connectivity index (χ1v) is 14.5. The largest absolute Gasteiger partial charge is 4.00 e. The summed E-state index contributed by atoms with van der Waals surface area (Å²) in [6.45, 7) is 17.7. The van der Waals surface area contributed by atoms with Gasteiger partial charge in [-0.25, -0.2) is 0 Å². The third kappa shape index (κ3) is 50.9. The molecule has 0 aliphatic heterocycles. The van der Waals surface area contributed by atoms with E-state index in [1.165, 1.54) is 0 Å². The fourth-order valence-electron chi connectivity index (χ4n) is 0.992. The minimum absolute atomic E-state index is 0. The summed E-state index contributed by atoms with van der Waals surface area (Å²) in [6, 6.07) is 0. The summed E-state index contributed by atoms with van der Waals surface area (Å²) in [4.78, 5) is 41.4. The summed E-state index contributed by atoms with van der Waals surface area (Å²) in [5.74, 6) is 0. The van der Waals surface area contributed by atoms with Crippen LogP contribution >= 0.6 is 34.4 Å². The third-order valence-corrected chi connectivity index (χ3v) is 5.63. The van der Waals surface area contributed by atoms with E-state index in [1.807, 2.05) is 0 Å². The summed E-state index contributed by atoms with van der Waals surface area (Å²) < 4.78 is 36.6. The molecule has 0 bridgehead atoms. The molecule has 0 aromatic carbocycles. The van der Waals surface area contributed by atoms with Crippen LogP contribution in [-0.4, -0.2) is 52.9 Å². The minimum atomic E-state index is -1.83. The second kappa shape index (κ2) is 40.4. The van der Waals surface area contributed by atoms with Gasteiger partial charge in [0.2, 0.25) is 0 Å². The van der Waals surface area contributed by atoms with Gasteiger partial charge >= 0.3 is 7.43 Å². The van der Waals surface area contributed by atoms with Crippen LogP contribution in [0.25, 0.3) is 0 Å². The molecule has 0 radical (unpaired) electrons. The van der Waals surface area contributed by atoms with Gasteiger partial charge in [-0.3, -0.25) is 0 Å². The first-order chi connectivity index (χ1) is 15.2. The van der Waals surface area contributed by atoms with Crippen LogP contribution in [0.3, 0.4) is 0 Å². The molecule has 0 aromatic heterocycles. The molecule has 0 unspecified atom stereocenters. The number of hydrogen-bond donors (Lipinski definition) is 0. The molecular formula is C17H40O12P4. The molecule has 0 N–H and O–H groups in total. The van der Waals surface area contributed by atoms with Gasteiger partial charge in [-0.1, -0.05) is 0 Å². The van der Waals surface area contributed by atoms with Crippen molar-refractivity contribution in [2.75, 3.05) is 52.9 Å². The monoisotopic (exact) mass is 560 g/mol. The second-order valence-corrected chi connectivity index (χ2v) is 8.09. The first kappa shape index (κ1) is 44.2. The number of rotatable bonds is 16. The average molecular weight is 560 g/mol. The van der Waals surface area contributed by atoms with Crippen LogP contribution in [0.1, 0.15) is 55.4 Å². The van der Waals surface area contributed by atoms with Gasteiger partial charge in [0.1, 0.15) is 0 Å². The molecule has 0 spiro atoms. The van der Waals surface area contributed by atoms with Crippen molar-refractivity contribution in [1.82, 2.24) is 0 Å². The summed E-state index contributed by atoms with van der Waals surface area (Å²) in [5, 5.41) is 0. The first-order valence-electron chi connectivity index (χ1n) is 10.2. The Balaban J connectivity index is -0.000000105. The topological polar surface area (TPSA) is 166 Å². The van der Waals surface area contributed by atoms with Crippen LogP contribution in [-0.2, 0) is 36.2 Å². The molecule has 0 heterocycles. The van der Waals surface area contributed by atoms with E-state index in [4.69, 9.17) is 0 Å². The smallest absolute Gasteiger partial charge is 0.786 e. The van der Waals surface area contributed by atoms with E-state index in [0.717, 1.165) is 0 Å². The Hall–Kier alpha value is 1.24. The Kier molecular flexibility index (Phi) is 54.2. The Bertz CT molecular complexity index is 235. The van der Waals surface area contributed by atoms with E-state index < -0.39 is 34.4 Å². The summed E-state index contributed by atoms with van der Waals surface area (Å²) >= 11 is 0. The molecule has 0 aliphatic carbocycles. The van der Waals surface area contributed by atoms with Crippen LogP contribution in [0.2, 0.25) is 0 Å². The Morgan fingerprint density at radius 2 is 0.424 bits per heavy atom. The molecule has 33 heavy (non-hydrogen) atoms. The standard InChI is InChI=1S/4C4H10O3P.C/c4*1-3-6-8(5)7-4-2;/h4*3-4H2,1-2H3;/q4*-1;+4. The minimum Gasteiger partial charge on any atom is -0.786 e. The van der Waals surface area contributed by atoms with Gasteiger partial charge in [-0.05, 0) is 55.4 Å². The van der Waals surface area contributed by atoms with Gasteiger partial charge < -0.3 is 55.8 Å². The van der Waals surface area contributed by atoms with Crippen molar-refractivity contribution >= 4 is 34.4 Å². The molecule has 0 saturated carbocycles. The van der Waals surface area contributed by atoms with Crippen LogP contribution < -0.4 is 19.6 Å². The Morgan fingerprint density at radius 1 is 0.333 bits per heavy atom. The van der Waals surface area contributed by atoms with Gasteiger partial charge in [-0.2, -0.15) is 0 Å². The summed E-state index contributed by atoms with van der Waals surface area (Å²) in [5.41, 5.74) is 0. The van der Waals surface area contributed by atoms with Crippen molar-refractivity contribution in [3.05, 3.63) is 7.43 Å². The van der Waals surface area contributed by atoms with Crippen molar-refractivity contribution in [3.63, 3.8) is 0 Å². The third-order valence-electron chi connectivity index (χ3n) is 1.88. The maximum atomic E-state index is 10.3. The van der Waals surface area contributed by atoms with E-state index in [2.05, 4.69) is 36.2 Å². The molecular weight excluding hydrogens is 520 g/mol. The van der Waals surface area contributed by atoms with Crippen molar-refractivity contribution in [1.29, 1.82) is 0 Å². The molecule has 0 amide bonds. The van der Waals surface area contributed by atoms with Crippen LogP contribution in [0, 0.1) is 7.43 Å². The molecule has 12 nitrogen and oxygen atoms in total. The maximum Gasteiger partial charge on any atom is 4.00 e. The average Bonchev–Trinajstić information content (AvgIpc) is 2.71. The predicted octanol–water partition coefficient (Wildman–Crippen LogP) is 2.67. The van der Waals surface area contributed by atoms with E-state index in [9.17, 15) is 19.6 Å². The van der Waals surface area contributed by atoms with Gasteiger partial charge in [-0.15, -0.1) is 0 Å². The molecule has 0 saturated heterocycles. The fourth-order valence-corrected chi connectivity index (χ4v) is 2.98. The normalized spacial score (nSPS) is 10.2. The molecule has 16 heteroatoms. The van der Waals surface area contributed by atoms with Crippen LogP contribution in [0.4, 0.5) is 0 Å². The van der Waals surface area contributed by atoms with Crippen molar-refractivity contribution in [2.45, 2.75) is 55.4 Å². The predicted molar refractivity (Wildman–Crippen MR) is 124 cm³/mol. The van der Waals surface area contributed by atoms with Gasteiger partial charge in [0.05, 0.1) is 34.4 Å². The van der Waals surface area contributed by atoms with Crippen molar-refractivity contribution in [2.24, 2.45) is 0 Å². The van der Waals surface area contributed by atoms with Gasteiger partial charge in [0.25, 0.3) is 0 Å². The zero-order valence-corrected chi connectivity index (χ0v) is 24.4. The van der Waals surface area contributed by atoms with Crippen molar-refractivity contribution in [3.8, 4) is 0 Å². The summed E-state index contributed by atoms with van der Waals surface area (Å²) in [7, 11) is -7.32. The zero-order valence-electron chi connectivity index (χ0n) is 20.8. The number of hydrogen-bond acceptors (Lipinski definition) is 12. The van der Waals surface area contributed by atoms with Gasteiger partial charge in [0, 0.05) is 52.9 Å². The van der Waals surface area contributed by atoms with E-state index in [0.29, 0.717) is 52.9 Å². The van der Waals surface area contributed by atoms with E-state index in [-0.39, 0.29) is 7.43 Å². The van der Waals surface area contributed by atoms with E-state index >= 15 is 0 Å². The summed E-state index contributed by atoms with van der Waals surface area (Å²) in [6.07, 6.45) is 0. The second-order valence-electron chi connectivity index (χ2n) is 4.24. The Morgan fingerprint density at radius 3 is 0.485 bits per heavy atom. The van der Waals surface area contributed by atoms with E-state index in [1.54, 1.807) is 55.4 Å². The van der Waals surface area contributed by atoms with Crippen molar-refractivity contribution < 1.29 is 55.8 Å². The molecule has 0 fully saturated rings. The maximum absolute atomic E-state index is 10.3. The van der Waals surface area contributed by atoms with Crippen LogP contribution in [0.15, 0.2) is 0 Å².